The predicted octanol–water partition coefficient (Wildman–Crippen LogP) is 2.81. The van der Waals surface area contributed by atoms with Crippen LogP contribution in [0.1, 0.15) is 5.56 Å². The average Bonchev–Trinajstić information content (AvgIpc) is 2.63. The number of hydrogen-bond acceptors (Lipinski definition) is 6. The number of nitrogens with zero attached hydrogens (tertiary/aromatic N) is 3. The van der Waals surface area contributed by atoms with Gasteiger partial charge in [-0.1, -0.05) is 36.4 Å². The second-order valence-electron chi connectivity index (χ2n) is 5.49. The molecule has 0 atom stereocenters. The van der Waals surface area contributed by atoms with Crippen LogP contribution in [0.4, 0.5) is 11.6 Å². The molecule has 0 aliphatic heterocycles. The zero-order chi connectivity index (χ0) is 19.3. The lowest BCUT2D eigenvalue weighted by molar-refractivity contribution is 0.600. The summed E-state index contributed by atoms with van der Waals surface area (Å²) in [7, 11) is -7.63. The number of benzene rings is 2. The summed E-state index contributed by atoms with van der Waals surface area (Å²) in [5.41, 5.74) is 0.895. The largest absolute Gasteiger partial charge is 0.366 e. The third-order valence-electron chi connectivity index (χ3n) is 3.38. The molecule has 2 aromatic carbocycles. The van der Waals surface area contributed by atoms with Crippen LogP contribution in [-0.2, 0) is 25.8 Å². The van der Waals surface area contributed by atoms with Crippen molar-refractivity contribution in [1.29, 1.82) is 0 Å². The summed E-state index contributed by atoms with van der Waals surface area (Å²) < 4.78 is 54.9. The van der Waals surface area contributed by atoms with Crippen molar-refractivity contribution in [3.63, 3.8) is 0 Å². The molecular formula is C17H15N4O4S2-. The fraction of sp³-hybridized carbons (Fsp3) is 0.0588. The maximum atomic E-state index is 12.3. The monoisotopic (exact) mass is 403 g/mol. The van der Waals surface area contributed by atoms with Crippen molar-refractivity contribution < 1.29 is 16.8 Å². The van der Waals surface area contributed by atoms with Gasteiger partial charge >= 0.3 is 0 Å². The summed E-state index contributed by atoms with van der Waals surface area (Å²) in [6.45, 7) is 0. The fourth-order valence-electron chi connectivity index (χ4n) is 2.20. The van der Waals surface area contributed by atoms with Crippen molar-refractivity contribution >= 4 is 31.7 Å². The summed E-state index contributed by atoms with van der Waals surface area (Å²) in [6, 6.07) is 15.5. The molecule has 0 spiro atoms. The Morgan fingerprint density at radius 3 is 2.07 bits per heavy atom. The fourth-order valence-corrected chi connectivity index (χ4v) is 4.30. The van der Waals surface area contributed by atoms with Crippen LogP contribution in [0.15, 0.2) is 78.0 Å². The van der Waals surface area contributed by atoms with Crippen LogP contribution < -0.4 is 4.72 Å². The van der Waals surface area contributed by atoms with Gasteiger partial charge in [-0.3, -0.25) is 9.44 Å². The Morgan fingerprint density at radius 1 is 0.815 bits per heavy atom. The van der Waals surface area contributed by atoms with Crippen LogP contribution >= 0.6 is 0 Å². The van der Waals surface area contributed by atoms with Crippen molar-refractivity contribution in [2.24, 2.45) is 0 Å². The number of anilines is 1. The third kappa shape index (κ3) is 5.25. The van der Waals surface area contributed by atoms with Gasteiger partial charge in [0, 0.05) is 11.6 Å². The highest BCUT2D eigenvalue weighted by atomic mass is 32.2. The van der Waals surface area contributed by atoms with Crippen molar-refractivity contribution in [3.05, 3.63) is 83.3 Å². The quantitative estimate of drug-likeness (QED) is 0.648. The number of aromatic nitrogens is 2. The second kappa shape index (κ2) is 7.72. The summed E-state index contributed by atoms with van der Waals surface area (Å²) in [6.07, 6.45) is 2.76. The lowest BCUT2D eigenvalue weighted by Gasteiger charge is -2.13. The van der Waals surface area contributed by atoms with Gasteiger partial charge in [0.1, 0.15) is 0 Å². The van der Waals surface area contributed by atoms with Gasteiger partial charge in [0.05, 0.1) is 10.6 Å². The molecule has 1 N–H and O–H groups in total. The topological polar surface area (TPSA) is 120 Å². The number of rotatable bonds is 7. The highest BCUT2D eigenvalue weighted by Crippen LogP contribution is 2.25. The van der Waals surface area contributed by atoms with E-state index in [0.717, 1.165) is 0 Å². The highest BCUT2D eigenvalue weighted by molar-refractivity contribution is 7.94. The molecule has 0 saturated heterocycles. The van der Waals surface area contributed by atoms with Crippen LogP contribution in [0.5, 0.6) is 0 Å². The molecule has 1 aromatic heterocycles. The Labute approximate surface area is 157 Å². The molecule has 140 valence electrons. The molecular weight excluding hydrogens is 388 g/mol. The van der Waals surface area contributed by atoms with E-state index in [9.17, 15) is 16.8 Å². The minimum Gasteiger partial charge on any atom is -0.366 e. The van der Waals surface area contributed by atoms with Crippen LogP contribution in [0.25, 0.3) is 4.72 Å². The average molecular weight is 403 g/mol. The predicted molar refractivity (Wildman–Crippen MR) is 101 cm³/mol. The minimum absolute atomic E-state index is 0.0963. The van der Waals surface area contributed by atoms with Crippen LogP contribution in [0, 0.1) is 0 Å². The second-order valence-corrected chi connectivity index (χ2v) is 8.81. The molecule has 27 heavy (non-hydrogen) atoms. The van der Waals surface area contributed by atoms with Gasteiger partial charge in [0.25, 0.3) is 0 Å². The maximum Gasteiger partial charge on any atom is 0.236 e. The Hall–Kier alpha value is -2.98. The van der Waals surface area contributed by atoms with Crippen molar-refractivity contribution in [1.82, 2.24) is 9.97 Å². The van der Waals surface area contributed by atoms with Gasteiger partial charge in [-0.25, -0.2) is 16.8 Å². The third-order valence-corrected chi connectivity index (χ3v) is 5.91. The van der Waals surface area contributed by atoms with E-state index in [-0.39, 0.29) is 22.3 Å². The van der Waals surface area contributed by atoms with Gasteiger partial charge in [-0.2, -0.15) is 0 Å². The molecule has 0 amide bonds. The maximum absolute atomic E-state index is 12.3. The normalized spacial score (nSPS) is 11.7. The molecule has 8 nitrogen and oxygen atoms in total. The molecule has 0 fully saturated rings. The molecule has 1 heterocycles. The number of hydrogen-bond donors (Lipinski definition) is 1. The first-order valence-corrected chi connectivity index (χ1v) is 10.8. The van der Waals surface area contributed by atoms with E-state index in [0.29, 0.717) is 5.56 Å². The zero-order valence-electron chi connectivity index (χ0n) is 13.9. The standard InChI is InChI=1S/C17H15N4O4S2/c22-26(23,13-14-5-2-1-3-6-14)20-15-7-9-16(10-8-15)27(24,25)21-17-18-11-4-12-19-17/h1-12,20H,13H2/q-1. The van der Waals surface area contributed by atoms with Gasteiger partial charge in [0.2, 0.25) is 20.0 Å². The Balaban J connectivity index is 1.71. The molecule has 3 rings (SSSR count). The van der Waals surface area contributed by atoms with Crippen molar-refractivity contribution in [2.75, 3.05) is 4.72 Å². The van der Waals surface area contributed by atoms with Gasteiger partial charge in [-0.05, 0) is 42.2 Å². The lowest BCUT2D eigenvalue weighted by atomic mass is 10.2. The molecule has 10 heteroatoms. The summed E-state index contributed by atoms with van der Waals surface area (Å²) >= 11 is 0. The highest BCUT2D eigenvalue weighted by Gasteiger charge is 2.14. The zero-order valence-corrected chi connectivity index (χ0v) is 15.6. The first-order valence-electron chi connectivity index (χ1n) is 7.74. The Morgan fingerprint density at radius 2 is 1.44 bits per heavy atom. The van der Waals surface area contributed by atoms with E-state index >= 15 is 0 Å². The number of nitrogens with one attached hydrogen (secondary N) is 1. The summed E-state index contributed by atoms with van der Waals surface area (Å²) in [4.78, 5) is 7.40. The van der Waals surface area contributed by atoms with Crippen molar-refractivity contribution in [2.45, 2.75) is 10.6 Å². The number of sulfonamides is 2. The molecule has 0 aliphatic rings. The van der Waals surface area contributed by atoms with Crippen LogP contribution in [0.3, 0.4) is 0 Å². The van der Waals surface area contributed by atoms with Gasteiger partial charge in [-0.15, -0.1) is 0 Å². The molecule has 0 saturated carbocycles. The van der Waals surface area contributed by atoms with E-state index in [1.165, 1.54) is 36.7 Å². The van der Waals surface area contributed by atoms with E-state index in [1.54, 1.807) is 36.4 Å². The Bertz CT molecular complexity index is 1100. The van der Waals surface area contributed by atoms with E-state index in [1.807, 2.05) is 0 Å². The van der Waals surface area contributed by atoms with Crippen LogP contribution in [0.2, 0.25) is 0 Å². The summed E-state index contributed by atoms with van der Waals surface area (Å²) in [5.74, 6) is -0.362. The smallest absolute Gasteiger partial charge is 0.236 e. The first-order chi connectivity index (χ1) is 12.8. The van der Waals surface area contributed by atoms with E-state index in [4.69, 9.17) is 0 Å². The SMILES string of the molecule is O=S(=O)(Cc1ccccc1)Nc1ccc(S(=O)(=O)[N-]c2ncccn2)cc1. The molecule has 0 radical (unpaired) electrons. The Kier molecular flexibility index (Phi) is 5.38. The van der Waals surface area contributed by atoms with E-state index in [2.05, 4.69) is 19.4 Å². The molecule has 0 aliphatic carbocycles. The van der Waals surface area contributed by atoms with E-state index < -0.39 is 20.0 Å². The molecule has 0 unspecified atom stereocenters. The van der Waals surface area contributed by atoms with Gasteiger partial charge in [0.15, 0.2) is 0 Å². The van der Waals surface area contributed by atoms with Crippen molar-refractivity contribution in [3.8, 4) is 0 Å². The molecule has 3 aromatic rings. The van der Waals surface area contributed by atoms with Crippen LogP contribution in [-0.4, -0.2) is 26.8 Å². The molecule has 0 bridgehead atoms. The minimum atomic E-state index is -4.00. The summed E-state index contributed by atoms with van der Waals surface area (Å²) in [5, 5.41) is 0. The first kappa shape index (κ1) is 18.8. The van der Waals surface area contributed by atoms with Gasteiger partial charge < -0.3 is 9.97 Å². The lowest BCUT2D eigenvalue weighted by Crippen LogP contribution is -2.15.